The summed E-state index contributed by atoms with van der Waals surface area (Å²) in [7, 11) is 1.64. The van der Waals surface area contributed by atoms with E-state index in [0.29, 0.717) is 0 Å². The van der Waals surface area contributed by atoms with Crippen LogP contribution in [0.1, 0.15) is 23.1 Å². The van der Waals surface area contributed by atoms with Crippen LogP contribution >= 0.6 is 0 Å². The molecule has 0 saturated heterocycles. The van der Waals surface area contributed by atoms with Gasteiger partial charge < -0.3 is 9.84 Å². The van der Waals surface area contributed by atoms with E-state index in [9.17, 15) is 4.79 Å². The normalized spacial score (nSPS) is 10.7. The SMILES string of the molecule is COc1cc(C)c(/C=C/CC(=O)O)cc1C. The van der Waals surface area contributed by atoms with E-state index in [0.717, 1.165) is 22.4 Å². The lowest BCUT2D eigenvalue weighted by atomic mass is 10.0. The molecule has 0 radical (unpaired) electrons. The Hall–Kier alpha value is -1.77. The average molecular weight is 220 g/mol. The quantitative estimate of drug-likeness (QED) is 0.848. The van der Waals surface area contributed by atoms with Gasteiger partial charge in [0.2, 0.25) is 0 Å². The fourth-order valence-electron chi connectivity index (χ4n) is 1.50. The fourth-order valence-corrected chi connectivity index (χ4v) is 1.50. The highest BCUT2D eigenvalue weighted by Crippen LogP contribution is 2.23. The van der Waals surface area contributed by atoms with Gasteiger partial charge in [0.25, 0.3) is 0 Å². The second-order valence-corrected chi connectivity index (χ2v) is 3.68. The minimum absolute atomic E-state index is 0.0461. The van der Waals surface area contributed by atoms with Crippen molar-refractivity contribution in [3.05, 3.63) is 34.9 Å². The second kappa shape index (κ2) is 5.35. The van der Waals surface area contributed by atoms with E-state index >= 15 is 0 Å². The van der Waals surface area contributed by atoms with Crippen LogP contribution in [-0.4, -0.2) is 18.2 Å². The van der Waals surface area contributed by atoms with Crippen LogP contribution in [0.5, 0.6) is 5.75 Å². The monoisotopic (exact) mass is 220 g/mol. The second-order valence-electron chi connectivity index (χ2n) is 3.68. The van der Waals surface area contributed by atoms with Crippen molar-refractivity contribution >= 4 is 12.0 Å². The van der Waals surface area contributed by atoms with Crippen LogP contribution in [0.25, 0.3) is 6.08 Å². The number of methoxy groups -OCH3 is 1. The van der Waals surface area contributed by atoms with Crippen molar-refractivity contribution in [2.24, 2.45) is 0 Å². The summed E-state index contributed by atoms with van der Waals surface area (Å²) in [6.45, 7) is 3.94. The summed E-state index contributed by atoms with van der Waals surface area (Å²) in [6.07, 6.45) is 3.52. The third-order valence-corrected chi connectivity index (χ3v) is 2.37. The summed E-state index contributed by atoms with van der Waals surface area (Å²) in [6, 6.07) is 3.95. The largest absolute Gasteiger partial charge is 0.496 e. The van der Waals surface area contributed by atoms with Crippen LogP contribution in [0, 0.1) is 13.8 Å². The molecule has 0 fully saturated rings. The van der Waals surface area contributed by atoms with Crippen LogP contribution in [0.2, 0.25) is 0 Å². The summed E-state index contributed by atoms with van der Waals surface area (Å²) in [5.74, 6) is 0.0343. The van der Waals surface area contributed by atoms with Crippen LogP contribution < -0.4 is 4.74 Å². The first kappa shape index (κ1) is 12.3. The molecule has 0 atom stereocenters. The first-order valence-electron chi connectivity index (χ1n) is 5.08. The zero-order chi connectivity index (χ0) is 12.1. The molecule has 0 spiro atoms. The molecule has 16 heavy (non-hydrogen) atoms. The molecule has 0 aliphatic carbocycles. The van der Waals surface area contributed by atoms with E-state index in [2.05, 4.69) is 0 Å². The third-order valence-electron chi connectivity index (χ3n) is 2.37. The Morgan fingerprint density at radius 3 is 2.62 bits per heavy atom. The third kappa shape index (κ3) is 3.12. The highest BCUT2D eigenvalue weighted by atomic mass is 16.5. The average Bonchev–Trinajstić information content (AvgIpc) is 2.22. The zero-order valence-electron chi connectivity index (χ0n) is 9.78. The van der Waals surface area contributed by atoms with Crippen molar-refractivity contribution in [3.8, 4) is 5.75 Å². The van der Waals surface area contributed by atoms with E-state index in [4.69, 9.17) is 9.84 Å². The Morgan fingerprint density at radius 2 is 2.06 bits per heavy atom. The van der Waals surface area contributed by atoms with Crippen molar-refractivity contribution in [3.63, 3.8) is 0 Å². The van der Waals surface area contributed by atoms with E-state index in [-0.39, 0.29) is 6.42 Å². The zero-order valence-corrected chi connectivity index (χ0v) is 9.78. The molecule has 0 aromatic heterocycles. The first-order valence-corrected chi connectivity index (χ1v) is 5.08. The van der Waals surface area contributed by atoms with E-state index < -0.39 is 5.97 Å². The number of carboxylic acid groups (broad SMARTS) is 1. The van der Waals surface area contributed by atoms with Crippen molar-refractivity contribution in [1.82, 2.24) is 0 Å². The Kier molecular flexibility index (Phi) is 4.11. The van der Waals surface area contributed by atoms with Crippen molar-refractivity contribution in [1.29, 1.82) is 0 Å². The van der Waals surface area contributed by atoms with Gasteiger partial charge in [-0.25, -0.2) is 0 Å². The molecular formula is C13H16O3. The lowest BCUT2D eigenvalue weighted by molar-refractivity contribution is -0.135. The van der Waals surface area contributed by atoms with Crippen LogP contribution in [0.15, 0.2) is 18.2 Å². The molecule has 0 saturated carbocycles. The number of ether oxygens (including phenoxy) is 1. The van der Waals surface area contributed by atoms with Gasteiger partial charge in [0, 0.05) is 0 Å². The molecule has 0 aliphatic rings. The number of rotatable bonds is 4. The lowest BCUT2D eigenvalue weighted by Gasteiger charge is -2.08. The molecule has 0 bridgehead atoms. The Labute approximate surface area is 95.4 Å². The van der Waals surface area contributed by atoms with Gasteiger partial charge in [-0.2, -0.15) is 0 Å². The van der Waals surface area contributed by atoms with Crippen molar-refractivity contribution in [2.45, 2.75) is 20.3 Å². The van der Waals surface area contributed by atoms with Crippen molar-refractivity contribution in [2.75, 3.05) is 7.11 Å². The molecule has 3 nitrogen and oxygen atoms in total. The molecule has 86 valence electrons. The molecule has 3 heteroatoms. The molecule has 0 aliphatic heterocycles. The first-order chi connectivity index (χ1) is 7.54. The summed E-state index contributed by atoms with van der Waals surface area (Å²) in [4.78, 5) is 10.4. The summed E-state index contributed by atoms with van der Waals surface area (Å²) >= 11 is 0. The lowest BCUT2D eigenvalue weighted by Crippen LogP contribution is -1.92. The van der Waals surface area contributed by atoms with Gasteiger partial charge in [-0.1, -0.05) is 12.2 Å². The highest BCUT2D eigenvalue weighted by Gasteiger charge is 2.02. The molecular weight excluding hydrogens is 204 g/mol. The number of hydrogen-bond acceptors (Lipinski definition) is 2. The van der Waals surface area contributed by atoms with Crippen LogP contribution in [0.4, 0.5) is 0 Å². The number of carboxylic acids is 1. The summed E-state index contributed by atoms with van der Waals surface area (Å²) in [5, 5.41) is 8.53. The molecule has 0 amide bonds. The molecule has 1 N–H and O–H groups in total. The predicted molar refractivity (Wildman–Crippen MR) is 63.8 cm³/mol. The Morgan fingerprint density at radius 1 is 1.38 bits per heavy atom. The van der Waals surface area contributed by atoms with Crippen molar-refractivity contribution < 1.29 is 14.6 Å². The Bertz CT molecular complexity index is 419. The summed E-state index contributed by atoms with van der Waals surface area (Å²) < 4.78 is 5.21. The van der Waals surface area contributed by atoms with Crippen LogP contribution in [0.3, 0.4) is 0 Å². The number of carbonyl (C=O) groups is 1. The van der Waals surface area contributed by atoms with E-state index in [1.807, 2.05) is 32.1 Å². The highest BCUT2D eigenvalue weighted by molar-refractivity contribution is 5.70. The van der Waals surface area contributed by atoms with Gasteiger partial charge in [-0.05, 0) is 42.7 Å². The molecule has 1 rings (SSSR count). The summed E-state index contributed by atoms with van der Waals surface area (Å²) in [5.41, 5.74) is 3.15. The maximum Gasteiger partial charge on any atom is 0.307 e. The number of hydrogen-bond donors (Lipinski definition) is 1. The standard InChI is InChI=1S/C13H16O3/c1-9-8-12(16-3)10(2)7-11(9)5-4-6-13(14)15/h4-5,7-8H,6H2,1-3H3,(H,14,15)/b5-4+. The van der Waals surface area contributed by atoms with E-state index in [1.165, 1.54) is 0 Å². The van der Waals surface area contributed by atoms with Crippen LogP contribution in [-0.2, 0) is 4.79 Å². The maximum atomic E-state index is 10.4. The predicted octanol–water partition coefficient (Wildman–Crippen LogP) is 2.80. The van der Waals surface area contributed by atoms with Gasteiger partial charge in [0.15, 0.2) is 0 Å². The van der Waals surface area contributed by atoms with E-state index in [1.54, 1.807) is 13.2 Å². The molecule has 1 aromatic rings. The van der Waals surface area contributed by atoms with Gasteiger partial charge in [0.1, 0.15) is 5.75 Å². The number of aryl methyl sites for hydroxylation is 2. The minimum Gasteiger partial charge on any atom is -0.496 e. The van der Waals surface area contributed by atoms with Gasteiger partial charge in [0.05, 0.1) is 13.5 Å². The van der Waals surface area contributed by atoms with Gasteiger partial charge >= 0.3 is 5.97 Å². The van der Waals surface area contributed by atoms with Gasteiger partial charge in [-0.3, -0.25) is 4.79 Å². The van der Waals surface area contributed by atoms with Gasteiger partial charge in [-0.15, -0.1) is 0 Å². The number of benzene rings is 1. The molecule has 0 heterocycles. The smallest absolute Gasteiger partial charge is 0.307 e. The topological polar surface area (TPSA) is 46.5 Å². The molecule has 1 aromatic carbocycles. The Balaban J connectivity index is 2.93. The fraction of sp³-hybridized carbons (Fsp3) is 0.308. The number of aliphatic carboxylic acids is 1. The maximum absolute atomic E-state index is 10.4. The molecule has 0 unspecified atom stereocenters. The minimum atomic E-state index is -0.820.